The number of aryl methyl sites for hydroxylation is 1. The number of rotatable bonds is 3. The van der Waals surface area contributed by atoms with E-state index in [-0.39, 0.29) is 0 Å². The Kier molecular flexibility index (Phi) is 3.38. The lowest BCUT2D eigenvalue weighted by molar-refractivity contribution is 0.436. The molecule has 0 unspecified atom stereocenters. The molecular weight excluding hydrogens is 212 g/mol. The molecule has 2 aromatic rings. The highest BCUT2D eigenvalue weighted by atomic mass is 16.5. The highest BCUT2D eigenvalue weighted by Crippen LogP contribution is 2.20. The molecule has 0 fully saturated rings. The zero-order valence-electron chi connectivity index (χ0n) is 10.3. The van der Waals surface area contributed by atoms with Crippen LogP contribution in [0.15, 0.2) is 36.4 Å². The van der Waals surface area contributed by atoms with Gasteiger partial charge < -0.3 is 4.74 Å². The van der Waals surface area contributed by atoms with Crippen molar-refractivity contribution in [1.29, 1.82) is 0 Å². The van der Waals surface area contributed by atoms with E-state index in [1.54, 1.807) is 0 Å². The lowest BCUT2D eigenvalue weighted by Crippen LogP contribution is -2.00. The lowest BCUT2D eigenvalue weighted by atomic mass is 10.1. The average molecular weight is 228 g/mol. The summed E-state index contributed by atoms with van der Waals surface area (Å²) in [6.45, 7) is 6.16. The van der Waals surface area contributed by atoms with Gasteiger partial charge in [0.05, 0.1) is 5.69 Å². The molecule has 0 saturated carbocycles. The standard InChI is InChI=1S/C14H16N2O/c1-10(2)13-9-11(3)15-14(16-13)17-12-7-5-4-6-8-12/h4-10H,1-3H3. The van der Waals surface area contributed by atoms with E-state index in [1.807, 2.05) is 43.3 Å². The molecule has 1 aromatic heterocycles. The summed E-state index contributed by atoms with van der Waals surface area (Å²) in [5, 5.41) is 0. The highest BCUT2D eigenvalue weighted by Gasteiger charge is 2.07. The smallest absolute Gasteiger partial charge is 0.322 e. The fraction of sp³-hybridized carbons (Fsp3) is 0.286. The Hall–Kier alpha value is -1.90. The van der Waals surface area contributed by atoms with Crippen molar-refractivity contribution in [3.8, 4) is 11.8 Å². The Balaban J connectivity index is 2.27. The second kappa shape index (κ2) is 4.95. The van der Waals surface area contributed by atoms with Crippen LogP contribution in [0.3, 0.4) is 0 Å². The van der Waals surface area contributed by atoms with E-state index in [0.717, 1.165) is 17.1 Å². The molecule has 0 amide bonds. The predicted octanol–water partition coefficient (Wildman–Crippen LogP) is 3.70. The first-order chi connectivity index (χ1) is 8.15. The molecule has 0 aliphatic heterocycles. The zero-order chi connectivity index (χ0) is 12.3. The van der Waals surface area contributed by atoms with Crippen LogP contribution in [0.2, 0.25) is 0 Å². The summed E-state index contributed by atoms with van der Waals surface area (Å²) in [5.74, 6) is 1.13. The minimum Gasteiger partial charge on any atom is -0.424 e. The van der Waals surface area contributed by atoms with Gasteiger partial charge in [-0.1, -0.05) is 32.0 Å². The Morgan fingerprint density at radius 3 is 2.41 bits per heavy atom. The lowest BCUT2D eigenvalue weighted by Gasteiger charge is -2.08. The zero-order valence-corrected chi connectivity index (χ0v) is 10.3. The van der Waals surface area contributed by atoms with E-state index in [2.05, 4.69) is 23.8 Å². The van der Waals surface area contributed by atoms with E-state index in [4.69, 9.17) is 4.74 Å². The molecule has 2 rings (SSSR count). The fourth-order valence-corrected chi connectivity index (χ4v) is 1.50. The summed E-state index contributed by atoms with van der Waals surface area (Å²) in [6.07, 6.45) is 0. The van der Waals surface area contributed by atoms with Gasteiger partial charge in [0.2, 0.25) is 0 Å². The molecule has 17 heavy (non-hydrogen) atoms. The maximum Gasteiger partial charge on any atom is 0.322 e. The molecule has 88 valence electrons. The first kappa shape index (κ1) is 11.6. The first-order valence-electron chi connectivity index (χ1n) is 5.73. The van der Waals surface area contributed by atoms with E-state index >= 15 is 0 Å². The molecule has 0 N–H and O–H groups in total. The van der Waals surface area contributed by atoms with Crippen LogP contribution in [0.1, 0.15) is 31.2 Å². The van der Waals surface area contributed by atoms with Gasteiger partial charge in [-0.15, -0.1) is 0 Å². The Bertz CT molecular complexity index is 495. The molecule has 3 nitrogen and oxygen atoms in total. The molecule has 0 aliphatic carbocycles. The van der Waals surface area contributed by atoms with Crippen LogP contribution < -0.4 is 4.74 Å². The van der Waals surface area contributed by atoms with Gasteiger partial charge in [-0.05, 0) is 31.0 Å². The number of ether oxygens (including phenoxy) is 1. The molecule has 0 spiro atoms. The van der Waals surface area contributed by atoms with E-state index in [9.17, 15) is 0 Å². The van der Waals surface area contributed by atoms with Crippen molar-refractivity contribution in [1.82, 2.24) is 9.97 Å². The second-order valence-corrected chi connectivity index (χ2v) is 4.29. The quantitative estimate of drug-likeness (QED) is 0.803. The van der Waals surface area contributed by atoms with Gasteiger partial charge in [-0.2, -0.15) is 4.98 Å². The Morgan fingerprint density at radius 2 is 1.76 bits per heavy atom. The second-order valence-electron chi connectivity index (χ2n) is 4.29. The highest BCUT2D eigenvalue weighted by molar-refractivity contribution is 5.25. The molecule has 0 atom stereocenters. The minimum atomic E-state index is 0.370. The van der Waals surface area contributed by atoms with Gasteiger partial charge in [0.15, 0.2) is 0 Å². The minimum absolute atomic E-state index is 0.370. The van der Waals surface area contributed by atoms with Crippen LogP contribution in [0.25, 0.3) is 0 Å². The van der Waals surface area contributed by atoms with Gasteiger partial charge in [0.25, 0.3) is 0 Å². The van der Waals surface area contributed by atoms with Gasteiger partial charge in [-0.25, -0.2) is 4.98 Å². The fourth-order valence-electron chi connectivity index (χ4n) is 1.50. The third-order valence-electron chi connectivity index (χ3n) is 2.40. The third-order valence-corrected chi connectivity index (χ3v) is 2.40. The molecule has 1 aromatic carbocycles. The van der Waals surface area contributed by atoms with Crippen molar-refractivity contribution in [2.24, 2.45) is 0 Å². The monoisotopic (exact) mass is 228 g/mol. The maximum absolute atomic E-state index is 5.63. The number of benzene rings is 1. The van der Waals surface area contributed by atoms with Gasteiger partial charge >= 0.3 is 6.01 Å². The average Bonchev–Trinajstić information content (AvgIpc) is 2.29. The van der Waals surface area contributed by atoms with Crippen LogP contribution in [0.4, 0.5) is 0 Å². The van der Waals surface area contributed by atoms with Gasteiger partial charge in [-0.3, -0.25) is 0 Å². The number of nitrogens with zero attached hydrogens (tertiary/aromatic N) is 2. The molecule has 0 bridgehead atoms. The normalized spacial score (nSPS) is 10.6. The van der Waals surface area contributed by atoms with Crippen LogP contribution in [-0.4, -0.2) is 9.97 Å². The van der Waals surface area contributed by atoms with Crippen molar-refractivity contribution in [3.05, 3.63) is 47.8 Å². The summed E-state index contributed by atoms with van der Waals surface area (Å²) in [7, 11) is 0. The van der Waals surface area contributed by atoms with E-state index < -0.39 is 0 Å². The van der Waals surface area contributed by atoms with Crippen LogP contribution in [0, 0.1) is 6.92 Å². The third kappa shape index (κ3) is 3.03. The summed E-state index contributed by atoms with van der Waals surface area (Å²) >= 11 is 0. The van der Waals surface area contributed by atoms with Crippen molar-refractivity contribution in [2.45, 2.75) is 26.7 Å². The molecule has 1 heterocycles. The number of aromatic nitrogens is 2. The molecule has 0 saturated heterocycles. The van der Waals surface area contributed by atoms with Crippen molar-refractivity contribution >= 4 is 0 Å². The van der Waals surface area contributed by atoms with Crippen molar-refractivity contribution in [3.63, 3.8) is 0 Å². The topological polar surface area (TPSA) is 35.0 Å². The van der Waals surface area contributed by atoms with Gasteiger partial charge in [0.1, 0.15) is 5.75 Å². The van der Waals surface area contributed by atoms with E-state index in [1.165, 1.54) is 0 Å². The molecule has 0 aliphatic rings. The van der Waals surface area contributed by atoms with Gasteiger partial charge in [0, 0.05) is 5.69 Å². The Labute approximate surface area is 102 Å². The van der Waals surface area contributed by atoms with Crippen molar-refractivity contribution in [2.75, 3.05) is 0 Å². The predicted molar refractivity (Wildman–Crippen MR) is 67.4 cm³/mol. The van der Waals surface area contributed by atoms with Crippen LogP contribution in [-0.2, 0) is 0 Å². The molecular formula is C14H16N2O. The Morgan fingerprint density at radius 1 is 1.06 bits per heavy atom. The number of hydrogen-bond acceptors (Lipinski definition) is 3. The largest absolute Gasteiger partial charge is 0.424 e. The van der Waals surface area contributed by atoms with E-state index in [0.29, 0.717) is 11.9 Å². The SMILES string of the molecule is Cc1cc(C(C)C)nc(Oc2ccccc2)n1. The number of para-hydroxylation sites is 1. The molecule has 0 radical (unpaired) electrons. The first-order valence-corrected chi connectivity index (χ1v) is 5.73. The number of hydrogen-bond donors (Lipinski definition) is 0. The molecule has 3 heteroatoms. The summed E-state index contributed by atoms with van der Waals surface area (Å²) < 4.78 is 5.63. The summed E-state index contributed by atoms with van der Waals surface area (Å²) in [4.78, 5) is 8.67. The van der Waals surface area contributed by atoms with Crippen LogP contribution in [0.5, 0.6) is 11.8 Å². The van der Waals surface area contributed by atoms with Crippen molar-refractivity contribution < 1.29 is 4.74 Å². The summed E-state index contributed by atoms with van der Waals surface area (Å²) in [6, 6.07) is 12.0. The van der Waals surface area contributed by atoms with Crippen LogP contribution >= 0.6 is 0 Å². The summed E-state index contributed by atoms with van der Waals surface area (Å²) in [5.41, 5.74) is 1.93. The maximum atomic E-state index is 5.63.